The number of aromatic nitrogens is 3. The molecular weight excluding hydrogens is 513 g/mol. The number of benzene rings is 2. The van der Waals surface area contributed by atoms with Crippen LogP contribution in [0.4, 0.5) is 24.8 Å². The minimum Gasteiger partial charge on any atom is -0.383 e. The summed E-state index contributed by atoms with van der Waals surface area (Å²) >= 11 is 1.53. The number of hydrogen-bond donors (Lipinski definition) is 3. The lowest BCUT2D eigenvalue weighted by Crippen LogP contribution is -2.28. The van der Waals surface area contributed by atoms with Gasteiger partial charge in [0.05, 0.1) is 29.9 Å². The van der Waals surface area contributed by atoms with E-state index < -0.39 is 29.4 Å². The standard InChI is InChI=1S/C27H21F3N6OS/c1-14(15-2-5-21(29)22(30)9-15)36-27(37)20-10-17(28)11-32-26(20)33-12-18-4-7-24(38-18)16-3-6-23-19(8-16)25(31)35-13-34-23/h2-11,13-14H,12H2,1H3,(H,32,33)(H,36,37)(H2,31,34,35)/t14-/m0/s1. The molecule has 38 heavy (non-hydrogen) atoms. The van der Waals surface area contributed by atoms with E-state index in [0.717, 1.165) is 50.6 Å². The smallest absolute Gasteiger partial charge is 0.255 e. The lowest BCUT2D eigenvalue weighted by molar-refractivity contribution is 0.0939. The van der Waals surface area contributed by atoms with Crippen LogP contribution in [0.1, 0.15) is 33.8 Å². The lowest BCUT2D eigenvalue weighted by Gasteiger charge is -2.16. The quantitative estimate of drug-likeness (QED) is 0.242. The monoisotopic (exact) mass is 534 g/mol. The van der Waals surface area contributed by atoms with Crippen molar-refractivity contribution in [1.82, 2.24) is 20.3 Å². The van der Waals surface area contributed by atoms with Crippen LogP contribution in [-0.4, -0.2) is 20.9 Å². The second kappa shape index (κ2) is 10.5. The Morgan fingerprint density at radius 2 is 1.84 bits per heavy atom. The molecule has 0 saturated carbocycles. The number of nitrogens with two attached hydrogens (primary N) is 1. The van der Waals surface area contributed by atoms with Crippen molar-refractivity contribution in [2.75, 3.05) is 11.1 Å². The minimum absolute atomic E-state index is 0.0128. The molecule has 1 amide bonds. The number of thiophene rings is 1. The van der Waals surface area contributed by atoms with Crippen molar-refractivity contribution >= 4 is 39.8 Å². The zero-order valence-electron chi connectivity index (χ0n) is 20.0. The molecule has 0 spiro atoms. The molecule has 7 nitrogen and oxygen atoms in total. The maximum atomic E-state index is 14.0. The fourth-order valence-corrected chi connectivity index (χ4v) is 4.87. The highest BCUT2D eigenvalue weighted by atomic mass is 32.1. The number of anilines is 2. The zero-order valence-corrected chi connectivity index (χ0v) is 20.8. The van der Waals surface area contributed by atoms with E-state index in [1.54, 1.807) is 6.92 Å². The van der Waals surface area contributed by atoms with Crippen LogP contribution in [0.3, 0.4) is 0 Å². The SMILES string of the molecule is C[C@H](NC(=O)c1cc(F)cnc1NCc1ccc(-c2ccc3ncnc(N)c3c2)s1)c1ccc(F)c(F)c1. The number of rotatable bonds is 7. The fourth-order valence-electron chi connectivity index (χ4n) is 3.92. The maximum Gasteiger partial charge on any atom is 0.255 e. The molecule has 3 aromatic heterocycles. The summed E-state index contributed by atoms with van der Waals surface area (Å²) in [5, 5.41) is 6.54. The van der Waals surface area contributed by atoms with E-state index in [0.29, 0.717) is 17.9 Å². The van der Waals surface area contributed by atoms with E-state index in [2.05, 4.69) is 25.6 Å². The number of halogens is 3. The molecule has 0 aliphatic heterocycles. The number of carbonyl (C=O) groups is 1. The van der Waals surface area contributed by atoms with E-state index in [-0.39, 0.29) is 11.4 Å². The largest absolute Gasteiger partial charge is 0.383 e. The second-order valence-electron chi connectivity index (χ2n) is 8.53. The number of amides is 1. The highest BCUT2D eigenvalue weighted by Gasteiger charge is 2.18. The molecule has 3 heterocycles. The van der Waals surface area contributed by atoms with Gasteiger partial charge in [0.25, 0.3) is 5.91 Å². The van der Waals surface area contributed by atoms with Crippen LogP contribution in [0.25, 0.3) is 21.3 Å². The molecule has 5 rings (SSSR count). The number of nitrogens with one attached hydrogen (secondary N) is 2. The Bertz CT molecular complexity index is 1660. The van der Waals surface area contributed by atoms with Crippen molar-refractivity contribution in [2.45, 2.75) is 19.5 Å². The van der Waals surface area contributed by atoms with E-state index in [4.69, 9.17) is 5.73 Å². The molecule has 0 unspecified atom stereocenters. The number of fused-ring (bicyclic) bond motifs is 1. The van der Waals surface area contributed by atoms with Crippen LogP contribution < -0.4 is 16.4 Å². The van der Waals surface area contributed by atoms with Gasteiger partial charge in [0.2, 0.25) is 0 Å². The highest BCUT2D eigenvalue weighted by molar-refractivity contribution is 7.15. The van der Waals surface area contributed by atoms with Gasteiger partial charge in [-0.2, -0.15) is 0 Å². The van der Waals surface area contributed by atoms with E-state index in [1.807, 2.05) is 30.3 Å². The molecule has 11 heteroatoms. The molecule has 4 N–H and O–H groups in total. The summed E-state index contributed by atoms with van der Waals surface area (Å²) < 4.78 is 40.8. The van der Waals surface area contributed by atoms with Crippen molar-refractivity contribution in [3.8, 4) is 10.4 Å². The summed E-state index contributed by atoms with van der Waals surface area (Å²) in [6, 6.07) is 13.5. The van der Waals surface area contributed by atoms with Crippen LogP contribution in [0.5, 0.6) is 0 Å². The Hall–Kier alpha value is -4.51. The van der Waals surface area contributed by atoms with Crippen molar-refractivity contribution < 1.29 is 18.0 Å². The van der Waals surface area contributed by atoms with Gasteiger partial charge in [0.15, 0.2) is 11.6 Å². The molecule has 0 aliphatic carbocycles. The number of carbonyl (C=O) groups excluding carboxylic acids is 1. The summed E-state index contributed by atoms with van der Waals surface area (Å²) in [5.41, 5.74) is 8.06. The van der Waals surface area contributed by atoms with Gasteiger partial charge < -0.3 is 16.4 Å². The number of nitrogens with zero attached hydrogens (tertiary/aromatic N) is 3. The summed E-state index contributed by atoms with van der Waals surface area (Å²) in [5.74, 6) is -2.70. The van der Waals surface area contributed by atoms with Crippen molar-refractivity contribution in [1.29, 1.82) is 0 Å². The third kappa shape index (κ3) is 5.28. The molecular formula is C27H21F3N6OS. The molecule has 2 aromatic carbocycles. The average molecular weight is 535 g/mol. The first-order valence-electron chi connectivity index (χ1n) is 11.5. The Balaban J connectivity index is 1.31. The highest BCUT2D eigenvalue weighted by Crippen LogP contribution is 2.31. The summed E-state index contributed by atoms with van der Waals surface area (Å²) in [6.07, 6.45) is 2.44. The van der Waals surface area contributed by atoms with Crippen LogP contribution in [0.15, 0.2) is 67.1 Å². The zero-order chi connectivity index (χ0) is 26.8. The third-order valence-electron chi connectivity index (χ3n) is 5.93. The lowest BCUT2D eigenvalue weighted by atomic mass is 10.1. The summed E-state index contributed by atoms with van der Waals surface area (Å²) in [4.78, 5) is 27.2. The van der Waals surface area contributed by atoms with Gasteiger partial charge in [0.1, 0.15) is 23.8 Å². The molecule has 0 fully saturated rings. The van der Waals surface area contributed by atoms with Crippen LogP contribution in [0, 0.1) is 17.5 Å². The first-order chi connectivity index (χ1) is 18.3. The van der Waals surface area contributed by atoms with E-state index in [9.17, 15) is 18.0 Å². The number of nitrogen functional groups attached to an aromatic ring is 1. The van der Waals surface area contributed by atoms with Gasteiger partial charge in [-0.05, 0) is 60.5 Å². The molecule has 192 valence electrons. The summed E-state index contributed by atoms with van der Waals surface area (Å²) in [6.45, 7) is 1.95. The summed E-state index contributed by atoms with van der Waals surface area (Å²) in [7, 11) is 0. The third-order valence-corrected chi connectivity index (χ3v) is 7.07. The van der Waals surface area contributed by atoms with Crippen LogP contribution in [-0.2, 0) is 6.54 Å². The Labute approximate surface area is 219 Å². The topological polar surface area (TPSA) is 106 Å². The van der Waals surface area contributed by atoms with Gasteiger partial charge >= 0.3 is 0 Å². The predicted molar refractivity (Wildman–Crippen MR) is 141 cm³/mol. The number of pyridine rings is 1. The molecule has 0 bridgehead atoms. The maximum absolute atomic E-state index is 14.0. The predicted octanol–water partition coefficient (Wildman–Crippen LogP) is 5.86. The first kappa shape index (κ1) is 25.2. The van der Waals surface area contributed by atoms with Crippen molar-refractivity contribution in [2.24, 2.45) is 0 Å². The van der Waals surface area contributed by atoms with E-state index in [1.165, 1.54) is 23.7 Å². The normalized spacial score (nSPS) is 11.9. The van der Waals surface area contributed by atoms with Gasteiger partial charge in [-0.15, -0.1) is 11.3 Å². The molecule has 1 atom stereocenters. The minimum atomic E-state index is -1.02. The first-order valence-corrected chi connectivity index (χ1v) is 12.3. The van der Waals surface area contributed by atoms with Crippen LogP contribution in [0.2, 0.25) is 0 Å². The number of hydrogen-bond acceptors (Lipinski definition) is 7. The van der Waals surface area contributed by atoms with Gasteiger partial charge in [-0.3, -0.25) is 4.79 Å². The average Bonchev–Trinajstić information content (AvgIpc) is 3.38. The van der Waals surface area contributed by atoms with Crippen molar-refractivity contribution in [3.05, 3.63) is 101 Å². The molecule has 5 aromatic rings. The second-order valence-corrected chi connectivity index (χ2v) is 9.70. The Morgan fingerprint density at radius 3 is 2.66 bits per heavy atom. The fraction of sp³-hybridized carbons (Fsp3) is 0.111. The van der Waals surface area contributed by atoms with Crippen LogP contribution >= 0.6 is 11.3 Å². The van der Waals surface area contributed by atoms with Gasteiger partial charge in [-0.1, -0.05) is 12.1 Å². The van der Waals surface area contributed by atoms with Gasteiger partial charge in [0, 0.05) is 15.1 Å². The Morgan fingerprint density at radius 1 is 1.00 bits per heavy atom. The Kier molecular flexibility index (Phi) is 6.93. The van der Waals surface area contributed by atoms with E-state index >= 15 is 0 Å². The molecule has 0 aliphatic rings. The van der Waals surface area contributed by atoms with Crippen molar-refractivity contribution in [3.63, 3.8) is 0 Å². The molecule has 0 saturated heterocycles. The van der Waals surface area contributed by atoms with Gasteiger partial charge in [-0.25, -0.2) is 28.1 Å². The molecule has 0 radical (unpaired) electrons.